The average Bonchev–Trinajstić information content (AvgIpc) is 2.25. The molecule has 0 spiro atoms. The zero-order valence-electron chi connectivity index (χ0n) is 11.6. The largest absolute Gasteiger partial charge is 0.370 e. The molecule has 17 heavy (non-hydrogen) atoms. The predicted octanol–water partition coefficient (Wildman–Crippen LogP) is 3.45. The first-order valence-corrected chi connectivity index (χ1v) is 6.76. The Balaban J connectivity index is 2.84. The second-order valence-electron chi connectivity index (χ2n) is 4.94. The van der Waals surface area contributed by atoms with E-state index in [1.165, 1.54) is 0 Å². The van der Waals surface area contributed by atoms with Gasteiger partial charge in [-0.15, -0.1) is 0 Å². The molecule has 1 aromatic rings. The zero-order chi connectivity index (χ0) is 12.7. The Morgan fingerprint density at radius 2 is 1.94 bits per heavy atom. The van der Waals surface area contributed by atoms with Gasteiger partial charge >= 0.3 is 0 Å². The normalized spacial score (nSPS) is 10.9. The Labute approximate surface area is 105 Å². The van der Waals surface area contributed by atoms with Crippen molar-refractivity contribution >= 4 is 5.82 Å². The molecule has 0 amide bonds. The quantitative estimate of drug-likeness (QED) is 0.786. The standard InChI is InChI=1S/C14H25N3/c1-5-7-12-10-13(15-8-6-2)17-14(16-12)9-11(3)4/h10-11H,5-9H2,1-4H3,(H,15,16,17). The van der Waals surface area contributed by atoms with Crippen LogP contribution in [-0.4, -0.2) is 16.5 Å². The molecule has 0 bridgehead atoms. The summed E-state index contributed by atoms with van der Waals surface area (Å²) in [5.74, 6) is 2.57. The van der Waals surface area contributed by atoms with Crippen LogP contribution in [0.3, 0.4) is 0 Å². The highest BCUT2D eigenvalue weighted by atomic mass is 15.0. The third-order valence-corrected chi connectivity index (χ3v) is 2.48. The number of aromatic nitrogens is 2. The molecular formula is C14H25N3. The van der Waals surface area contributed by atoms with Crippen molar-refractivity contribution < 1.29 is 0 Å². The van der Waals surface area contributed by atoms with Gasteiger partial charge in [0.25, 0.3) is 0 Å². The Bertz CT molecular complexity index is 334. The molecule has 0 aliphatic carbocycles. The summed E-state index contributed by atoms with van der Waals surface area (Å²) < 4.78 is 0. The minimum atomic E-state index is 0.603. The maximum atomic E-state index is 4.62. The highest BCUT2D eigenvalue weighted by Gasteiger charge is 2.06. The van der Waals surface area contributed by atoms with Gasteiger partial charge in [-0.25, -0.2) is 9.97 Å². The van der Waals surface area contributed by atoms with Crippen LogP contribution in [0.5, 0.6) is 0 Å². The van der Waals surface area contributed by atoms with Gasteiger partial charge in [0.2, 0.25) is 0 Å². The van der Waals surface area contributed by atoms with Crippen LogP contribution in [0.4, 0.5) is 5.82 Å². The Hall–Kier alpha value is -1.12. The number of nitrogens with one attached hydrogen (secondary N) is 1. The molecule has 3 nitrogen and oxygen atoms in total. The molecule has 3 heteroatoms. The number of aryl methyl sites for hydroxylation is 1. The van der Waals surface area contributed by atoms with Gasteiger partial charge in [0.05, 0.1) is 0 Å². The van der Waals surface area contributed by atoms with E-state index in [4.69, 9.17) is 0 Å². The minimum Gasteiger partial charge on any atom is -0.370 e. The molecule has 96 valence electrons. The molecule has 0 aromatic carbocycles. The summed E-state index contributed by atoms with van der Waals surface area (Å²) in [7, 11) is 0. The summed E-state index contributed by atoms with van der Waals surface area (Å²) in [5, 5.41) is 3.36. The Morgan fingerprint density at radius 3 is 2.53 bits per heavy atom. The van der Waals surface area contributed by atoms with Crippen molar-refractivity contribution in [1.82, 2.24) is 9.97 Å². The molecule has 0 saturated carbocycles. The number of rotatable bonds is 7. The smallest absolute Gasteiger partial charge is 0.131 e. The van der Waals surface area contributed by atoms with Crippen LogP contribution in [0.15, 0.2) is 6.07 Å². The fourth-order valence-electron chi connectivity index (χ4n) is 1.74. The van der Waals surface area contributed by atoms with Crippen molar-refractivity contribution in [1.29, 1.82) is 0 Å². The average molecular weight is 235 g/mol. The van der Waals surface area contributed by atoms with Crippen LogP contribution in [0.25, 0.3) is 0 Å². The first kappa shape index (κ1) is 13.9. The third kappa shape index (κ3) is 5.16. The van der Waals surface area contributed by atoms with Crippen molar-refractivity contribution in [3.63, 3.8) is 0 Å². The number of anilines is 1. The zero-order valence-corrected chi connectivity index (χ0v) is 11.6. The lowest BCUT2D eigenvalue weighted by Crippen LogP contribution is -2.09. The lowest BCUT2D eigenvalue weighted by atomic mass is 10.1. The predicted molar refractivity (Wildman–Crippen MR) is 73.3 cm³/mol. The molecular weight excluding hydrogens is 210 g/mol. The van der Waals surface area contributed by atoms with Crippen molar-refractivity contribution in [2.45, 2.75) is 53.4 Å². The summed E-state index contributed by atoms with van der Waals surface area (Å²) in [4.78, 5) is 9.19. The number of hydrogen-bond acceptors (Lipinski definition) is 3. The van der Waals surface area contributed by atoms with Gasteiger partial charge in [0.15, 0.2) is 0 Å². The SMILES string of the molecule is CCCNc1cc(CCC)nc(CC(C)C)n1. The van der Waals surface area contributed by atoms with Crippen LogP contribution in [0, 0.1) is 5.92 Å². The van der Waals surface area contributed by atoms with Crippen molar-refractivity contribution in [3.05, 3.63) is 17.6 Å². The van der Waals surface area contributed by atoms with E-state index >= 15 is 0 Å². The van der Waals surface area contributed by atoms with E-state index in [2.05, 4.69) is 49.0 Å². The molecule has 0 atom stereocenters. The van der Waals surface area contributed by atoms with Gasteiger partial charge in [-0.1, -0.05) is 34.1 Å². The summed E-state index contributed by atoms with van der Waals surface area (Å²) in [6.45, 7) is 9.73. The molecule has 1 aromatic heterocycles. The maximum Gasteiger partial charge on any atom is 0.131 e. The van der Waals surface area contributed by atoms with Gasteiger partial charge in [-0.3, -0.25) is 0 Å². The van der Waals surface area contributed by atoms with Gasteiger partial charge < -0.3 is 5.32 Å². The van der Waals surface area contributed by atoms with Crippen LogP contribution < -0.4 is 5.32 Å². The van der Waals surface area contributed by atoms with Gasteiger partial charge in [-0.2, -0.15) is 0 Å². The van der Waals surface area contributed by atoms with Crippen molar-refractivity contribution in [2.75, 3.05) is 11.9 Å². The van der Waals surface area contributed by atoms with Crippen LogP contribution in [0.2, 0.25) is 0 Å². The first-order valence-electron chi connectivity index (χ1n) is 6.76. The third-order valence-electron chi connectivity index (χ3n) is 2.48. The summed E-state index contributed by atoms with van der Waals surface area (Å²) in [6, 6.07) is 2.09. The van der Waals surface area contributed by atoms with Gasteiger partial charge in [0, 0.05) is 24.7 Å². The Morgan fingerprint density at radius 1 is 1.18 bits per heavy atom. The molecule has 1 N–H and O–H groups in total. The maximum absolute atomic E-state index is 4.62. The van der Waals surface area contributed by atoms with Crippen LogP contribution in [0.1, 0.15) is 52.1 Å². The van der Waals surface area contributed by atoms with Gasteiger partial charge in [0.1, 0.15) is 11.6 Å². The molecule has 0 aliphatic rings. The molecule has 0 saturated heterocycles. The Kier molecular flexibility index (Phi) is 5.95. The molecule has 1 heterocycles. The highest BCUT2D eigenvalue weighted by Crippen LogP contribution is 2.11. The van der Waals surface area contributed by atoms with E-state index in [1.54, 1.807) is 0 Å². The van der Waals surface area contributed by atoms with Crippen molar-refractivity contribution in [2.24, 2.45) is 5.92 Å². The summed E-state index contributed by atoms with van der Waals surface area (Å²) in [6.07, 6.45) is 4.24. The summed E-state index contributed by atoms with van der Waals surface area (Å²) in [5.41, 5.74) is 1.16. The van der Waals surface area contributed by atoms with Gasteiger partial charge in [-0.05, 0) is 18.8 Å². The topological polar surface area (TPSA) is 37.8 Å². The number of hydrogen-bond donors (Lipinski definition) is 1. The molecule has 0 radical (unpaired) electrons. The van der Waals surface area contributed by atoms with Crippen LogP contribution >= 0.6 is 0 Å². The molecule has 1 rings (SSSR count). The minimum absolute atomic E-state index is 0.603. The second-order valence-corrected chi connectivity index (χ2v) is 4.94. The lowest BCUT2D eigenvalue weighted by Gasteiger charge is -2.10. The summed E-state index contributed by atoms with van der Waals surface area (Å²) >= 11 is 0. The highest BCUT2D eigenvalue weighted by molar-refractivity contribution is 5.36. The molecule has 0 fully saturated rings. The second kappa shape index (κ2) is 7.25. The van der Waals surface area contributed by atoms with Crippen LogP contribution in [-0.2, 0) is 12.8 Å². The fourth-order valence-corrected chi connectivity index (χ4v) is 1.74. The van der Waals surface area contributed by atoms with E-state index in [0.29, 0.717) is 5.92 Å². The molecule has 0 aliphatic heterocycles. The van der Waals surface area contributed by atoms with E-state index in [1.807, 2.05) is 0 Å². The first-order chi connectivity index (χ1) is 8.15. The monoisotopic (exact) mass is 235 g/mol. The van der Waals surface area contributed by atoms with E-state index in [-0.39, 0.29) is 0 Å². The van der Waals surface area contributed by atoms with E-state index in [9.17, 15) is 0 Å². The number of nitrogens with zero attached hydrogens (tertiary/aromatic N) is 2. The lowest BCUT2D eigenvalue weighted by molar-refractivity contribution is 0.617. The van der Waals surface area contributed by atoms with E-state index < -0.39 is 0 Å². The molecule has 0 unspecified atom stereocenters. The van der Waals surface area contributed by atoms with E-state index in [0.717, 1.165) is 49.6 Å². The fraction of sp³-hybridized carbons (Fsp3) is 0.714. The van der Waals surface area contributed by atoms with Crippen molar-refractivity contribution in [3.8, 4) is 0 Å².